The third-order valence-corrected chi connectivity index (χ3v) is 4.34. The van der Waals surface area contributed by atoms with Gasteiger partial charge in [0.05, 0.1) is 26.6 Å². The van der Waals surface area contributed by atoms with Gasteiger partial charge < -0.3 is 24.6 Å². The zero-order valence-electron chi connectivity index (χ0n) is 15.2. The van der Waals surface area contributed by atoms with Crippen molar-refractivity contribution in [1.29, 1.82) is 0 Å². The number of methoxy groups -OCH3 is 2. The predicted molar refractivity (Wildman–Crippen MR) is 99.2 cm³/mol. The molecule has 0 radical (unpaired) electrons. The minimum Gasteiger partial charge on any atom is -0.493 e. The fourth-order valence-electron chi connectivity index (χ4n) is 2.75. The normalized spacial score (nSPS) is 14.8. The van der Waals surface area contributed by atoms with Gasteiger partial charge in [-0.1, -0.05) is 0 Å². The molecule has 2 heterocycles. The fourth-order valence-corrected chi connectivity index (χ4v) is 2.75. The summed E-state index contributed by atoms with van der Waals surface area (Å²) in [7, 11) is 5.21. The second-order valence-corrected chi connectivity index (χ2v) is 6.07. The minimum atomic E-state index is -0.324. The van der Waals surface area contributed by atoms with Crippen LogP contribution in [0.2, 0.25) is 0 Å². The van der Waals surface area contributed by atoms with Crippen molar-refractivity contribution in [2.45, 2.75) is 0 Å². The molecule has 1 aliphatic rings. The molecule has 0 saturated carbocycles. The quantitative estimate of drug-likeness (QED) is 0.868. The molecular weight excluding hydrogens is 334 g/mol. The van der Waals surface area contributed by atoms with E-state index in [1.165, 1.54) is 6.20 Å². The summed E-state index contributed by atoms with van der Waals surface area (Å²) in [4.78, 5) is 25.5. The molecule has 1 fully saturated rings. The summed E-state index contributed by atoms with van der Waals surface area (Å²) >= 11 is 0. The highest BCUT2D eigenvalue weighted by atomic mass is 16.5. The summed E-state index contributed by atoms with van der Waals surface area (Å²) in [5.74, 6) is 1.61. The van der Waals surface area contributed by atoms with E-state index in [0.717, 1.165) is 32.0 Å². The van der Waals surface area contributed by atoms with Gasteiger partial charge in [0.1, 0.15) is 11.5 Å². The number of rotatable bonds is 5. The number of amides is 1. The van der Waals surface area contributed by atoms with Crippen LogP contribution in [0, 0.1) is 0 Å². The number of likely N-dealkylation sites (N-methyl/N-ethyl adjacent to an activating group) is 1. The molecule has 0 unspecified atom stereocenters. The van der Waals surface area contributed by atoms with E-state index in [0.29, 0.717) is 17.2 Å². The van der Waals surface area contributed by atoms with Gasteiger partial charge in [0.15, 0.2) is 11.5 Å². The maximum atomic E-state index is 12.4. The highest BCUT2D eigenvalue weighted by Gasteiger charge is 2.17. The zero-order chi connectivity index (χ0) is 18.5. The van der Waals surface area contributed by atoms with Gasteiger partial charge in [-0.2, -0.15) is 0 Å². The van der Waals surface area contributed by atoms with Gasteiger partial charge in [-0.05, 0) is 19.2 Å². The fraction of sp³-hybridized carbons (Fsp3) is 0.389. The lowest BCUT2D eigenvalue weighted by Gasteiger charge is -2.32. The van der Waals surface area contributed by atoms with E-state index in [4.69, 9.17) is 9.47 Å². The molecule has 2 aromatic rings. The van der Waals surface area contributed by atoms with E-state index >= 15 is 0 Å². The third kappa shape index (κ3) is 4.02. The van der Waals surface area contributed by atoms with Crippen LogP contribution in [0.15, 0.2) is 30.6 Å². The largest absolute Gasteiger partial charge is 0.493 e. The predicted octanol–water partition coefficient (Wildman–Crippen LogP) is 1.50. The lowest BCUT2D eigenvalue weighted by molar-refractivity contribution is 0.102. The van der Waals surface area contributed by atoms with Gasteiger partial charge in [-0.15, -0.1) is 0 Å². The second-order valence-electron chi connectivity index (χ2n) is 6.07. The molecule has 1 N–H and O–H groups in total. The Kier molecular flexibility index (Phi) is 5.52. The van der Waals surface area contributed by atoms with Crippen LogP contribution in [0.4, 0.5) is 11.5 Å². The average Bonchev–Trinajstić information content (AvgIpc) is 2.68. The summed E-state index contributed by atoms with van der Waals surface area (Å²) in [6.45, 7) is 3.79. The number of anilines is 2. The standard InChI is InChI=1S/C18H23N5O3/c1-22-6-8-23(9-7-22)17-12-19-14(11-20-17)18(24)21-13-4-5-15(25-2)16(10-13)26-3/h4-5,10-12H,6-9H2,1-3H3,(H,21,24). The SMILES string of the molecule is COc1ccc(NC(=O)c2cnc(N3CCN(C)CC3)cn2)cc1OC. The first-order valence-corrected chi connectivity index (χ1v) is 8.39. The van der Waals surface area contributed by atoms with Gasteiger partial charge in [0.25, 0.3) is 5.91 Å². The van der Waals surface area contributed by atoms with Crippen LogP contribution in [0.5, 0.6) is 11.5 Å². The Balaban J connectivity index is 1.66. The third-order valence-electron chi connectivity index (χ3n) is 4.34. The summed E-state index contributed by atoms with van der Waals surface area (Å²) in [5, 5.41) is 2.79. The average molecular weight is 357 g/mol. The van der Waals surface area contributed by atoms with Crippen molar-refractivity contribution in [3.8, 4) is 11.5 Å². The van der Waals surface area contributed by atoms with Gasteiger partial charge in [0, 0.05) is 37.9 Å². The Morgan fingerprint density at radius 1 is 1.04 bits per heavy atom. The first-order chi connectivity index (χ1) is 12.6. The smallest absolute Gasteiger partial charge is 0.275 e. The highest BCUT2D eigenvalue weighted by molar-refractivity contribution is 6.02. The first-order valence-electron chi connectivity index (χ1n) is 8.39. The Labute approximate surface area is 152 Å². The van der Waals surface area contributed by atoms with E-state index in [2.05, 4.69) is 32.1 Å². The Morgan fingerprint density at radius 2 is 1.77 bits per heavy atom. The molecule has 1 saturated heterocycles. The number of carbonyl (C=O) groups is 1. The van der Waals surface area contributed by atoms with E-state index in [1.807, 2.05) is 0 Å². The van der Waals surface area contributed by atoms with Crippen LogP contribution in [-0.4, -0.2) is 68.2 Å². The molecule has 0 bridgehead atoms. The molecule has 26 heavy (non-hydrogen) atoms. The van der Waals surface area contributed by atoms with Gasteiger partial charge in [0.2, 0.25) is 0 Å². The summed E-state index contributed by atoms with van der Waals surface area (Å²) < 4.78 is 10.4. The monoisotopic (exact) mass is 357 g/mol. The number of aromatic nitrogens is 2. The van der Waals surface area contributed by atoms with Crippen LogP contribution in [0.1, 0.15) is 10.5 Å². The topological polar surface area (TPSA) is 79.8 Å². The van der Waals surface area contributed by atoms with Crippen molar-refractivity contribution in [2.24, 2.45) is 0 Å². The molecule has 8 nitrogen and oxygen atoms in total. The van der Waals surface area contributed by atoms with E-state index in [-0.39, 0.29) is 11.6 Å². The maximum absolute atomic E-state index is 12.4. The Morgan fingerprint density at radius 3 is 2.38 bits per heavy atom. The highest BCUT2D eigenvalue weighted by Crippen LogP contribution is 2.29. The molecule has 1 aromatic heterocycles. The summed E-state index contributed by atoms with van der Waals surface area (Å²) in [6, 6.07) is 5.17. The summed E-state index contributed by atoms with van der Waals surface area (Å²) in [6.07, 6.45) is 3.15. The van der Waals surface area contributed by atoms with Crippen molar-refractivity contribution in [2.75, 3.05) is 57.7 Å². The minimum absolute atomic E-state index is 0.262. The number of piperazine rings is 1. The molecule has 1 amide bonds. The molecular formula is C18H23N5O3. The molecule has 1 aliphatic heterocycles. The lowest BCUT2D eigenvalue weighted by Crippen LogP contribution is -2.44. The van der Waals surface area contributed by atoms with Crippen LogP contribution in [0.3, 0.4) is 0 Å². The molecule has 3 rings (SSSR count). The van der Waals surface area contributed by atoms with Crippen LogP contribution in [-0.2, 0) is 0 Å². The number of hydrogen-bond acceptors (Lipinski definition) is 7. The van der Waals surface area contributed by atoms with Crippen molar-refractivity contribution in [1.82, 2.24) is 14.9 Å². The van der Waals surface area contributed by atoms with Gasteiger partial charge in [-0.25, -0.2) is 9.97 Å². The van der Waals surface area contributed by atoms with E-state index in [9.17, 15) is 4.79 Å². The van der Waals surface area contributed by atoms with Crippen LogP contribution in [0.25, 0.3) is 0 Å². The number of nitrogens with one attached hydrogen (secondary N) is 1. The number of ether oxygens (including phenoxy) is 2. The molecule has 0 spiro atoms. The Bertz CT molecular complexity index is 758. The van der Waals surface area contributed by atoms with Crippen molar-refractivity contribution < 1.29 is 14.3 Å². The summed E-state index contributed by atoms with van der Waals surface area (Å²) in [5.41, 5.74) is 0.857. The number of nitrogens with zero attached hydrogens (tertiary/aromatic N) is 4. The zero-order valence-corrected chi connectivity index (χ0v) is 15.2. The molecule has 0 aliphatic carbocycles. The van der Waals surface area contributed by atoms with Crippen LogP contribution < -0.4 is 19.7 Å². The Hall–Kier alpha value is -2.87. The number of carbonyl (C=O) groups excluding carboxylic acids is 1. The van der Waals surface area contributed by atoms with Crippen LogP contribution >= 0.6 is 0 Å². The van der Waals surface area contributed by atoms with Crippen molar-refractivity contribution in [3.05, 3.63) is 36.3 Å². The molecule has 8 heteroatoms. The first kappa shape index (κ1) is 17.9. The van der Waals surface area contributed by atoms with Gasteiger partial charge >= 0.3 is 0 Å². The number of benzene rings is 1. The maximum Gasteiger partial charge on any atom is 0.275 e. The van der Waals surface area contributed by atoms with Gasteiger partial charge in [-0.3, -0.25) is 4.79 Å². The molecule has 138 valence electrons. The number of hydrogen-bond donors (Lipinski definition) is 1. The second kappa shape index (κ2) is 8.01. The molecule has 0 atom stereocenters. The van der Waals surface area contributed by atoms with E-state index in [1.54, 1.807) is 38.6 Å². The van der Waals surface area contributed by atoms with E-state index < -0.39 is 0 Å². The molecule has 1 aromatic carbocycles. The lowest BCUT2D eigenvalue weighted by atomic mass is 10.2. The van der Waals surface area contributed by atoms with Crippen molar-refractivity contribution in [3.63, 3.8) is 0 Å². The van der Waals surface area contributed by atoms with Crippen molar-refractivity contribution >= 4 is 17.4 Å².